The Kier molecular flexibility index (Phi) is 7.33. The van der Waals surface area contributed by atoms with Gasteiger partial charge in [0.2, 0.25) is 0 Å². The van der Waals surface area contributed by atoms with Gasteiger partial charge in [-0.05, 0) is 54.8 Å². The zero-order valence-electron chi connectivity index (χ0n) is 18.9. The molecule has 34 heavy (non-hydrogen) atoms. The van der Waals surface area contributed by atoms with Crippen LogP contribution in [0, 0.1) is 0 Å². The van der Waals surface area contributed by atoms with Crippen molar-refractivity contribution < 1.29 is 19.4 Å². The molecular formula is C26H26ClN3O4. The van der Waals surface area contributed by atoms with Gasteiger partial charge < -0.3 is 19.3 Å². The lowest BCUT2D eigenvalue weighted by Crippen LogP contribution is -2.31. The van der Waals surface area contributed by atoms with E-state index < -0.39 is 17.7 Å². The molecule has 3 aromatic rings. The lowest BCUT2D eigenvalue weighted by Gasteiger charge is -2.25. The Hall–Kier alpha value is -3.58. The number of likely N-dealkylation sites (tertiary alicyclic amines) is 1. The third kappa shape index (κ3) is 4.99. The van der Waals surface area contributed by atoms with Gasteiger partial charge in [-0.2, -0.15) is 0 Å². The third-order valence-corrected chi connectivity index (χ3v) is 5.95. The summed E-state index contributed by atoms with van der Waals surface area (Å²) >= 11 is 6.07. The predicted molar refractivity (Wildman–Crippen MR) is 130 cm³/mol. The number of aryl methyl sites for hydroxylation is 1. The Balaban J connectivity index is 1.67. The highest BCUT2D eigenvalue weighted by molar-refractivity contribution is 6.46. The second kappa shape index (κ2) is 10.6. The number of amides is 1. The zero-order valence-corrected chi connectivity index (χ0v) is 19.6. The number of nitrogens with zero attached hydrogens (tertiary/aromatic N) is 3. The van der Waals surface area contributed by atoms with E-state index >= 15 is 0 Å². The summed E-state index contributed by atoms with van der Waals surface area (Å²) in [5.41, 5.74) is 1.21. The highest BCUT2D eigenvalue weighted by atomic mass is 35.5. The summed E-state index contributed by atoms with van der Waals surface area (Å²) in [5, 5.41) is 11.7. The van der Waals surface area contributed by atoms with Crippen LogP contribution in [0.25, 0.3) is 5.76 Å². The molecule has 1 atom stereocenters. The number of halogens is 1. The number of carbonyl (C=O) groups is 2. The monoisotopic (exact) mass is 479 g/mol. The van der Waals surface area contributed by atoms with E-state index in [-0.39, 0.29) is 11.3 Å². The van der Waals surface area contributed by atoms with E-state index in [9.17, 15) is 14.7 Å². The Morgan fingerprint density at radius 3 is 2.47 bits per heavy atom. The van der Waals surface area contributed by atoms with Gasteiger partial charge in [-0.25, -0.2) is 4.98 Å². The van der Waals surface area contributed by atoms with Gasteiger partial charge in [-0.1, -0.05) is 30.7 Å². The predicted octanol–water partition coefficient (Wildman–Crippen LogP) is 4.84. The number of hydrogen-bond acceptors (Lipinski definition) is 5. The minimum atomic E-state index is -0.712. The highest BCUT2D eigenvalue weighted by Gasteiger charge is 2.45. The molecule has 2 heterocycles. The number of carbonyl (C=O) groups excluding carboxylic acids is 2. The van der Waals surface area contributed by atoms with Gasteiger partial charge in [0.25, 0.3) is 11.7 Å². The van der Waals surface area contributed by atoms with Crippen molar-refractivity contribution >= 4 is 29.1 Å². The van der Waals surface area contributed by atoms with Crippen LogP contribution in [-0.4, -0.2) is 44.4 Å². The Labute approximate surface area is 203 Å². The average Bonchev–Trinajstić information content (AvgIpc) is 3.45. The lowest BCUT2D eigenvalue weighted by atomic mass is 9.95. The molecule has 4 rings (SSSR count). The van der Waals surface area contributed by atoms with E-state index in [0.29, 0.717) is 48.0 Å². The number of ether oxygens (including phenoxy) is 1. The summed E-state index contributed by atoms with van der Waals surface area (Å²) in [6, 6.07) is 13.1. The molecule has 0 aliphatic carbocycles. The van der Waals surface area contributed by atoms with E-state index in [1.54, 1.807) is 61.1 Å². The summed E-state index contributed by atoms with van der Waals surface area (Å²) in [4.78, 5) is 31.7. The molecule has 1 aromatic heterocycles. The largest absolute Gasteiger partial charge is 0.507 e. The van der Waals surface area contributed by atoms with Crippen molar-refractivity contribution in [1.82, 2.24) is 14.5 Å². The lowest BCUT2D eigenvalue weighted by molar-refractivity contribution is -0.139. The fourth-order valence-corrected chi connectivity index (χ4v) is 4.16. The van der Waals surface area contributed by atoms with E-state index in [1.807, 2.05) is 17.7 Å². The molecule has 2 aromatic carbocycles. The number of benzene rings is 2. The van der Waals surface area contributed by atoms with Crippen LogP contribution in [0.15, 0.2) is 72.8 Å². The summed E-state index contributed by atoms with van der Waals surface area (Å²) in [6.07, 6.45) is 6.75. The first-order chi connectivity index (χ1) is 16.5. The van der Waals surface area contributed by atoms with Crippen molar-refractivity contribution in [3.8, 4) is 5.75 Å². The standard InChI is InChI=1S/C26H26ClN3O4/c1-2-16-34-21-10-6-19(7-11-21)24(31)22-23(18-4-8-20(27)9-5-18)30(26(33)25(22)32)14-3-13-29-15-12-28-17-29/h4-12,15,17,23,31H,2-3,13-14,16H2,1H3/t23-/m1/s1. The molecule has 0 spiro atoms. The molecule has 1 N–H and O–H groups in total. The number of rotatable bonds is 9. The molecule has 1 fully saturated rings. The minimum absolute atomic E-state index is 0.0668. The van der Waals surface area contributed by atoms with Crippen LogP contribution in [0.3, 0.4) is 0 Å². The smallest absolute Gasteiger partial charge is 0.295 e. The highest BCUT2D eigenvalue weighted by Crippen LogP contribution is 2.40. The average molecular weight is 480 g/mol. The van der Waals surface area contributed by atoms with Crippen LogP contribution in [0.5, 0.6) is 5.75 Å². The zero-order chi connectivity index (χ0) is 24.1. The number of Topliss-reactive ketones (excluding diaryl/α,β-unsaturated/α-hetero) is 1. The fourth-order valence-electron chi connectivity index (χ4n) is 4.03. The first kappa shape index (κ1) is 23.6. The molecule has 7 nitrogen and oxygen atoms in total. The molecule has 0 radical (unpaired) electrons. The molecule has 0 unspecified atom stereocenters. The van der Waals surface area contributed by atoms with Crippen molar-refractivity contribution in [2.24, 2.45) is 0 Å². The SMILES string of the molecule is CCCOc1ccc(C(O)=C2C(=O)C(=O)N(CCCn3ccnc3)[C@@H]2c2ccc(Cl)cc2)cc1. The van der Waals surface area contributed by atoms with Crippen LogP contribution in [0.2, 0.25) is 5.02 Å². The summed E-state index contributed by atoms with van der Waals surface area (Å²) < 4.78 is 7.51. The van der Waals surface area contributed by atoms with E-state index in [2.05, 4.69) is 4.98 Å². The fraction of sp³-hybridized carbons (Fsp3) is 0.269. The summed E-state index contributed by atoms with van der Waals surface area (Å²) in [7, 11) is 0. The molecule has 1 aliphatic heterocycles. The van der Waals surface area contributed by atoms with E-state index in [1.165, 1.54) is 4.90 Å². The van der Waals surface area contributed by atoms with Crippen molar-refractivity contribution in [3.63, 3.8) is 0 Å². The van der Waals surface area contributed by atoms with Gasteiger partial charge in [0, 0.05) is 36.1 Å². The number of aliphatic hydroxyl groups excluding tert-OH is 1. The number of imidazole rings is 1. The molecule has 1 saturated heterocycles. The number of aliphatic hydroxyl groups is 1. The molecule has 1 amide bonds. The van der Waals surface area contributed by atoms with Crippen molar-refractivity contribution in [2.45, 2.75) is 32.4 Å². The summed E-state index contributed by atoms with van der Waals surface area (Å²) in [6.45, 7) is 3.60. The quantitative estimate of drug-likeness (QED) is 0.270. The maximum absolute atomic E-state index is 13.1. The molecule has 0 saturated carbocycles. The van der Waals surface area contributed by atoms with E-state index in [4.69, 9.17) is 16.3 Å². The Morgan fingerprint density at radius 2 is 1.82 bits per heavy atom. The van der Waals surface area contributed by atoms with Crippen LogP contribution < -0.4 is 4.74 Å². The third-order valence-electron chi connectivity index (χ3n) is 5.70. The molecule has 176 valence electrons. The van der Waals surface area contributed by atoms with Crippen molar-refractivity contribution in [3.05, 3.63) is 89.0 Å². The Bertz CT molecular complexity index is 1170. The van der Waals surface area contributed by atoms with Crippen LogP contribution in [0.1, 0.15) is 36.9 Å². The summed E-state index contributed by atoms with van der Waals surface area (Å²) in [5.74, 6) is -0.869. The van der Waals surface area contributed by atoms with Crippen molar-refractivity contribution in [2.75, 3.05) is 13.2 Å². The van der Waals surface area contributed by atoms with Crippen LogP contribution in [0.4, 0.5) is 0 Å². The van der Waals surface area contributed by atoms with Gasteiger partial charge in [-0.15, -0.1) is 0 Å². The first-order valence-corrected chi connectivity index (χ1v) is 11.6. The maximum Gasteiger partial charge on any atom is 0.295 e. The second-order valence-corrected chi connectivity index (χ2v) is 8.51. The van der Waals surface area contributed by atoms with Gasteiger partial charge in [0.1, 0.15) is 11.5 Å². The number of ketones is 1. The van der Waals surface area contributed by atoms with Crippen molar-refractivity contribution in [1.29, 1.82) is 0 Å². The Morgan fingerprint density at radius 1 is 1.09 bits per heavy atom. The molecular weight excluding hydrogens is 454 g/mol. The topological polar surface area (TPSA) is 84.7 Å². The van der Waals surface area contributed by atoms with E-state index in [0.717, 1.165) is 6.42 Å². The second-order valence-electron chi connectivity index (χ2n) is 8.07. The minimum Gasteiger partial charge on any atom is -0.507 e. The van der Waals surface area contributed by atoms with Crippen LogP contribution in [-0.2, 0) is 16.1 Å². The molecule has 8 heteroatoms. The molecule has 1 aliphatic rings. The number of aromatic nitrogens is 2. The first-order valence-electron chi connectivity index (χ1n) is 11.2. The van der Waals surface area contributed by atoms with Gasteiger partial charge in [0.05, 0.1) is 24.5 Å². The molecule has 0 bridgehead atoms. The normalized spacial score (nSPS) is 17.4. The van der Waals surface area contributed by atoms with Crippen LogP contribution >= 0.6 is 11.6 Å². The van der Waals surface area contributed by atoms with Gasteiger partial charge >= 0.3 is 0 Å². The van der Waals surface area contributed by atoms with Gasteiger partial charge in [-0.3, -0.25) is 9.59 Å². The van der Waals surface area contributed by atoms with Gasteiger partial charge in [0.15, 0.2) is 0 Å². The number of hydrogen-bond donors (Lipinski definition) is 1. The maximum atomic E-state index is 13.1.